The molecule has 74 valence electrons. The van der Waals surface area contributed by atoms with Crippen LogP contribution in [0, 0.1) is 0 Å². The summed E-state index contributed by atoms with van der Waals surface area (Å²) in [4.78, 5) is 8.48. The number of hydrogen-bond acceptors (Lipinski definition) is 3. The van der Waals surface area contributed by atoms with Crippen LogP contribution in [-0.2, 0) is 6.42 Å². The van der Waals surface area contributed by atoms with Crippen molar-refractivity contribution < 1.29 is 13.2 Å². The third kappa shape index (κ3) is 2.01. The van der Waals surface area contributed by atoms with Gasteiger partial charge in [0.2, 0.25) is 0 Å². The fourth-order valence-electron chi connectivity index (χ4n) is 1.13. The molecule has 2 aromatic heterocycles. The van der Waals surface area contributed by atoms with Gasteiger partial charge >= 0.3 is 6.18 Å². The molecule has 0 aromatic carbocycles. The van der Waals surface area contributed by atoms with Crippen LogP contribution in [-0.4, -0.2) is 16.1 Å². The molecule has 6 heteroatoms. The number of alkyl halides is 3. The topological polar surface area (TPSA) is 25.8 Å². The molecule has 0 saturated carbocycles. The number of fused-ring (bicyclic) bond motifs is 1. The fraction of sp³-hybridized carbons (Fsp3) is 0.250. The van der Waals surface area contributed by atoms with Crippen LogP contribution in [0.5, 0.6) is 0 Å². The van der Waals surface area contributed by atoms with Gasteiger partial charge in [-0.15, -0.1) is 11.3 Å². The summed E-state index contributed by atoms with van der Waals surface area (Å²) >= 11 is 1.05. The van der Waals surface area contributed by atoms with Crippen molar-refractivity contribution in [1.29, 1.82) is 0 Å². The Balaban J connectivity index is 2.36. The van der Waals surface area contributed by atoms with Gasteiger partial charge in [-0.2, -0.15) is 13.2 Å². The molecular weight excluding hydrogens is 213 g/mol. The minimum absolute atomic E-state index is 0.271. The van der Waals surface area contributed by atoms with Crippen molar-refractivity contribution >= 4 is 21.6 Å². The zero-order valence-electron chi connectivity index (χ0n) is 6.88. The molecule has 0 spiro atoms. The van der Waals surface area contributed by atoms with Gasteiger partial charge in [-0.3, -0.25) is 0 Å². The number of nitrogens with zero attached hydrogens (tertiary/aromatic N) is 2. The Kier molecular flexibility index (Phi) is 2.14. The van der Waals surface area contributed by atoms with E-state index in [1.807, 2.05) is 0 Å². The predicted octanol–water partition coefficient (Wildman–Crippen LogP) is 2.80. The van der Waals surface area contributed by atoms with E-state index in [1.54, 1.807) is 0 Å². The third-order valence-corrected chi connectivity index (χ3v) is 2.68. The zero-order chi connectivity index (χ0) is 10.2. The highest BCUT2D eigenvalue weighted by Crippen LogP contribution is 2.28. The zero-order valence-corrected chi connectivity index (χ0v) is 7.69. The van der Waals surface area contributed by atoms with E-state index >= 15 is 0 Å². The lowest BCUT2D eigenvalue weighted by atomic mass is 10.3. The molecule has 0 aliphatic carbocycles. The van der Waals surface area contributed by atoms with Crippen LogP contribution in [0.25, 0.3) is 10.2 Å². The normalized spacial score (nSPS) is 12.2. The Morgan fingerprint density at radius 3 is 2.79 bits per heavy atom. The largest absolute Gasteiger partial charge is 0.393 e. The molecule has 0 saturated heterocycles. The Hall–Kier alpha value is -1.17. The van der Waals surface area contributed by atoms with E-state index in [4.69, 9.17) is 0 Å². The van der Waals surface area contributed by atoms with Crippen LogP contribution >= 0.6 is 11.3 Å². The molecule has 2 aromatic rings. The molecule has 0 N–H and O–H groups in total. The van der Waals surface area contributed by atoms with Crippen molar-refractivity contribution in [2.24, 2.45) is 0 Å². The Morgan fingerprint density at radius 2 is 2.14 bits per heavy atom. The molecule has 0 atom stereocenters. The van der Waals surface area contributed by atoms with Gasteiger partial charge in [0.1, 0.15) is 11.2 Å². The van der Waals surface area contributed by atoms with E-state index in [9.17, 15) is 13.2 Å². The predicted molar refractivity (Wildman–Crippen MR) is 47.2 cm³/mol. The summed E-state index contributed by atoms with van der Waals surface area (Å²) in [6.07, 6.45) is -2.21. The third-order valence-electron chi connectivity index (χ3n) is 1.62. The van der Waals surface area contributed by atoms with Crippen molar-refractivity contribution in [1.82, 2.24) is 9.97 Å². The highest BCUT2D eigenvalue weighted by atomic mass is 32.1. The Bertz CT molecular complexity index is 416. The highest BCUT2D eigenvalue weighted by molar-refractivity contribution is 7.18. The molecule has 0 aliphatic rings. The minimum Gasteiger partial charge on any atom is -0.244 e. The molecule has 0 bridgehead atoms. The molecule has 14 heavy (non-hydrogen) atoms. The first-order valence-corrected chi connectivity index (χ1v) is 4.61. The van der Waals surface area contributed by atoms with Gasteiger partial charge in [0.15, 0.2) is 0 Å². The Morgan fingerprint density at radius 1 is 1.36 bits per heavy atom. The van der Waals surface area contributed by atoms with Gasteiger partial charge in [0.05, 0.1) is 6.42 Å². The molecule has 2 heterocycles. The average Bonchev–Trinajstić information content (AvgIpc) is 2.42. The second kappa shape index (κ2) is 3.20. The summed E-state index contributed by atoms with van der Waals surface area (Å²) in [5.41, 5.74) is 0. The summed E-state index contributed by atoms with van der Waals surface area (Å²) in [5.74, 6) is 0. The Labute approximate surface area is 81.4 Å². The van der Waals surface area contributed by atoms with Crippen molar-refractivity contribution in [3.8, 4) is 0 Å². The molecular formula is C8H5F3N2S. The maximum absolute atomic E-state index is 12.0. The highest BCUT2D eigenvalue weighted by Gasteiger charge is 2.28. The van der Waals surface area contributed by atoms with E-state index in [0.717, 1.165) is 11.3 Å². The van der Waals surface area contributed by atoms with Crippen LogP contribution in [0.4, 0.5) is 13.2 Å². The van der Waals surface area contributed by atoms with Gasteiger partial charge < -0.3 is 0 Å². The van der Waals surface area contributed by atoms with E-state index < -0.39 is 12.6 Å². The first kappa shape index (κ1) is 9.39. The van der Waals surface area contributed by atoms with Crippen LogP contribution in [0.2, 0.25) is 0 Å². The second-order valence-electron chi connectivity index (χ2n) is 2.79. The summed E-state index contributed by atoms with van der Waals surface area (Å²) in [6, 6.07) is 1.48. The molecule has 2 nitrogen and oxygen atoms in total. The van der Waals surface area contributed by atoms with E-state index in [0.29, 0.717) is 10.2 Å². The van der Waals surface area contributed by atoms with Crippen molar-refractivity contribution in [3.63, 3.8) is 0 Å². The summed E-state index contributed by atoms with van der Waals surface area (Å²) < 4.78 is 36.1. The van der Waals surface area contributed by atoms with Crippen molar-refractivity contribution in [3.05, 3.63) is 23.5 Å². The summed E-state index contributed by atoms with van der Waals surface area (Å²) in [6.45, 7) is 0. The SMILES string of the molecule is FC(F)(F)Cc1cc2cncnc2s1. The number of thiophene rings is 1. The molecule has 0 fully saturated rings. The van der Waals surface area contributed by atoms with Crippen LogP contribution < -0.4 is 0 Å². The lowest BCUT2D eigenvalue weighted by molar-refractivity contribution is -0.126. The number of halogens is 3. The smallest absolute Gasteiger partial charge is 0.244 e. The molecule has 0 amide bonds. The molecule has 0 aliphatic heterocycles. The van der Waals surface area contributed by atoms with E-state index in [1.165, 1.54) is 18.6 Å². The number of rotatable bonds is 1. The van der Waals surface area contributed by atoms with Gasteiger partial charge in [0, 0.05) is 16.5 Å². The van der Waals surface area contributed by atoms with Gasteiger partial charge in [-0.1, -0.05) is 0 Å². The summed E-state index contributed by atoms with van der Waals surface area (Å²) in [7, 11) is 0. The van der Waals surface area contributed by atoms with Crippen LogP contribution in [0.3, 0.4) is 0 Å². The fourth-order valence-corrected chi connectivity index (χ4v) is 2.12. The van der Waals surface area contributed by atoms with Crippen molar-refractivity contribution in [2.75, 3.05) is 0 Å². The maximum Gasteiger partial charge on any atom is 0.393 e. The average molecular weight is 218 g/mol. The minimum atomic E-state index is -4.16. The molecule has 0 unspecified atom stereocenters. The number of aromatic nitrogens is 2. The maximum atomic E-state index is 12.0. The standard InChI is InChI=1S/C8H5F3N2S/c9-8(10,11)2-6-1-5-3-12-4-13-7(5)14-6/h1,3-4H,2H2. The van der Waals surface area contributed by atoms with Crippen LogP contribution in [0.15, 0.2) is 18.6 Å². The quantitative estimate of drug-likeness (QED) is 0.735. The lowest BCUT2D eigenvalue weighted by Gasteiger charge is -2.01. The monoisotopic (exact) mass is 218 g/mol. The second-order valence-corrected chi connectivity index (χ2v) is 3.90. The first-order chi connectivity index (χ1) is 6.54. The van der Waals surface area contributed by atoms with Gasteiger partial charge in [0.25, 0.3) is 0 Å². The van der Waals surface area contributed by atoms with Gasteiger partial charge in [-0.25, -0.2) is 9.97 Å². The van der Waals surface area contributed by atoms with E-state index in [2.05, 4.69) is 9.97 Å². The van der Waals surface area contributed by atoms with E-state index in [-0.39, 0.29) is 4.88 Å². The summed E-state index contributed by atoms with van der Waals surface area (Å²) in [5, 5.41) is 0.664. The first-order valence-electron chi connectivity index (χ1n) is 3.80. The lowest BCUT2D eigenvalue weighted by Crippen LogP contribution is -2.09. The van der Waals surface area contributed by atoms with Crippen LogP contribution in [0.1, 0.15) is 4.88 Å². The van der Waals surface area contributed by atoms with Gasteiger partial charge in [-0.05, 0) is 6.07 Å². The number of hydrogen-bond donors (Lipinski definition) is 0. The molecule has 0 radical (unpaired) electrons. The van der Waals surface area contributed by atoms with Crippen molar-refractivity contribution in [2.45, 2.75) is 12.6 Å². The molecule has 2 rings (SSSR count).